The van der Waals surface area contributed by atoms with E-state index >= 15 is 0 Å². The number of amides is 1. The van der Waals surface area contributed by atoms with Crippen LogP contribution in [0.25, 0.3) is 0 Å². The maximum atomic E-state index is 14.2. The average Bonchev–Trinajstić information content (AvgIpc) is 2.87. The summed E-state index contributed by atoms with van der Waals surface area (Å²) in [5, 5.41) is 0. The van der Waals surface area contributed by atoms with E-state index in [0.29, 0.717) is 24.9 Å². The third-order valence-electron chi connectivity index (χ3n) is 6.06. The predicted octanol–water partition coefficient (Wildman–Crippen LogP) is 8.19. The van der Waals surface area contributed by atoms with Gasteiger partial charge in [0.1, 0.15) is 11.6 Å². The van der Waals surface area contributed by atoms with Gasteiger partial charge in [0.15, 0.2) is 0 Å². The van der Waals surface area contributed by atoms with E-state index in [1.54, 1.807) is 16.7 Å². The van der Waals surface area contributed by atoms with E-state index in [1.165, 1.54) is 29.0 Å². The van der Waals surface area contributed by atoms with Gasteiger partial charge in [0.2, 0.25) is 5.91 Å². The summed E-state index contributed by atoms with van der Waals surface area (Å²) in [7, 11) is 0. The first kappa shape index (κ1) is 26.9. The lowest BCUT2D eigenvalue weighted by molar-refractivity contribution is -0.131. The quantitative estimate of drug-likeness (QED) is 0.166. The molecule has 0 N–H and O–H groups in total. The van der Waals surface area contributed by atoms with Crippen LogP contribution in [-0.4, -0.2) is 17.4 Å². The molecule has 0 aliphatic carbocycles. The van der Waals surface area contributed by atoms with Gasteiger partial charge in [0, 0.05) is 41.8 Å². The molecule has 3 aromatic carbocycles. The van der Waals surface area contributed by atoms with Crippen molar-refractivity contribution in [3.05, 3.63) is 101 Å². The van der Waals surface area contributed by atoms with Crippen LogP contribution in [-0.2, 0) is 23.5 Å². The number of hydrogen-bond donors (Lipinski definition) is 0. The van der Waals surface area contributed by atoms with E-state index in [9.17, 15) is 13.6 Å². The van der Waals surface area contributed by atoms with Crippen molar-refractivity contribution in [1.29, 1.82) is 0 Å². The third kappa shape index (κ3) is 9.48. The van der Waals surface area contributed by atoms with E-state index in [2.05, 4.69) is 55.5 Å². The Morgan fingerprint density at radius 3 is 2.31 bits per heavy atom. The maximum Gasteiger partial charge on any atom is 0.223 e. The molecule has 0 fully saturated rings. The number of carbonyl (C=O) groups is 1. The summed E-state index contributed by atoms with van der Waals surface area (Å²) in [4.78, 5) is 16.0. The molecular weight excluding hydrogens is 460 g/mol. The molecule has 0 heterocycles. The topological polar surface area (TPSA) is 20.3 Å². The van der Waals surface area contributed by atoms with E-state index in [4.69, 9.17) is 0 Å². The van der Waals surface area contributed by atoms with Crippen LogP contribution < -0.4 is 0 Å². The molecule has 3 aromatic rings. The minimum absolute atomic E-state index is 0.00625. The summed E-state index contributed by atoms with van der Waals surface area (Å²) < 4.78 is 27.6. The van der Waals surface area contributed by atoms with Crippen molar-refractivity contribution in [2.24, 2.45) is 0 Å². The zero-order valence-electron chi connectivity index (χ0n) is 20.5. The lowest BCUT2D eigenvalue weighted by Crippen LogP contribution is -2.32. The molecule has 0 unspecified atom stereocenters. The van der Waals surface area contributed by atoms with Crippen molar-refractivity contribution >= 4 is 17.7 Å². The van der Waals surface area contributed by atoms with Gasteiger partial charge < -0.3 is 4.90 Å². The number of aryl methyl sites for hydroxylation is 1. The number of halogens is 2. The Hall–Kier alpha value is -2.66. The zero-order valence-corrected chi connectivity index (χ0v) is 21.3. The van der Waals surface area contributed by atoms with E-state index in [0.717, 1.165) is 43.1 Å². The van der Waals surface area contributed by atoms with Crippen molar-refractivity contribution in [2.75, 3.05) is 6.54 Å². The number of nitrogens with zero attached hydrogens (tertiary/aromatic N) is 1. The fraction of sp³-hybridized carbons (Fsp3) is 0.367. The van der Waals surface area contributed by atoms with Crippen LogP contribution in [0.1, 0.15) is 62.1 Å². The second kappa shape index (κ2) is 14.7. The Labute approximate surface area is 212 Å². The Morgan fingerprint density at radius 1 is 0.857 bits per heavy atom. The minimum Gasteiger partial charge on any atom is -0.338 e. The van der Waals surface area contributed by atoms with E-state index in [1.807, 2.05) is 6.07 Å². The first-order valence-electron chi connectivity index (χ1n) is 12.5. The molecule has 3 rings (SSSR count). The maximum absolute atomic E-state index is 14.2. The first-order chi connectivity index (χ1) is 17.0. The smallest absolute Gasteiger partial charge is 0.223 e. The number of hydrogen-bond acceptors (Lipinski definition) is 2. The molecule has 1 amide bonds. The van der Waals surface area contributed by atoms with Gasteiger partial charge in [0.05, 0.1) is 0 Å². The van der Waals surface area contributed by atoms with Crippen LogP contribution in [0.15, 0.2) is 77.7 Å². The molecule has 186 valence electrons. The average molecular weight is 496 g/mol. The highest BCUT2D eigenvalue weighted by Gasteiger charge is 2.16. The monoisotopic (exact) mass is 495 g/mol. The summed E-state index contributed by atoms with van der Waals surface area (Å²) in [6, 6.07) is 22.3. The van der Waals surface area contributed by atoms with Gasteiger partial charge in [-0.2, -0.15) is 0 Å². The highest BCUT2D eigenvalue weighted by Crippen LogP contribution is 2.23. The lowest BCUT2D eigenvalue weighted by atomic mass is 10.1. The van der Waals surface area contributed by atoms with Crippen LogP contribution in [0.2, 0.25) is 0 Å². The van der Waals surface area contributed by atoms with Gasteiger partial charge in [-0.15, -0.1) is 11.8 Å². The van der Waals surface area contributed by atoms with Gasteiger partial charge in [-0.05, 0) is 42.2 Å². The van der Waals surface area contributed by atoms with Crippen LogP contribution >= 0.6 is 11.8 Å². The van der Waals surface area contributed by atoms with Crippen molar-refractivity contribution in [3.63, 3.8) is 0 Å². The van der Waals surface area contributed by atoms with E-state index in [-0.39, 0.29) is 12.5 Å². The summed E-state index contributed by atoms with van der Waals surface area (Å²) >= 11 is 1.79. The van der Waals surface area contributed by atoms with E-state index < -0.39 is 11.6 Å². The molecule has 0 radical (unpaired) electrons. The first-order valence-corrected chi connectivity index (χ1v) is 13.5. The molecule has 0 aliphatic heterocycles. The predicted molar refractivity (Wildman–Crippen MR) is 141 cm³/mol. The minimum atomic E-state index is -0.603. The Balaban J connectivity index is 1.54. The van der Waals surface area contributed by atoms with Gasteiger partial charge in [-0.1, -0.05) is 81.1 Å². The van der Waals surface area contributed by atoms with Crippen LogP contribution in [0.5, 0.6) is 0 Å². The Morgan fingerprint density at radius 2 is 1.60 bits per heavy atom. The fourth-order valence-electron chi connectivity index (χ4n) is 3.96. The second-order valence-corrected chi connectivity index (χ2v) is 9.93. The SMILES string of the molecule is CCCCCCCN(Cc1ccc(F)cc1F)C(=O)CCc1ccc(SCc2ccccc2)cc1. The van der Waals surface area contributed by atoms with Gasteiger partial charge >= 0.3 is 0 Å². The van der Waals surface area contributed by atoms with Crippen LogP contribution in [0, 0.1) is 11.6 Å². The molecule has 0 spiro atoms. The van der Waals surface area contributed by atoms with Crippen LogP contribution in [0.3, 0.4) is 0 Å². The Bertz CT molecular complexity index is 1040. The number of unbranched alkanes of at least 4 members (excludes halogenated alkanes) is 4. The van der Waals surface area contributed by atoms with Crippen molar-refractivity contribution in [1.82, 2.24) is 4.90 Å². The molecular formula is C30H35F2NOS. The molecule has 35 heavy (non-hydrogen) atoms. The van der Waals surface area contributed by atoms with Gasteiger partial charge in [-0.3, -0.25) is 4.79 Å². The molecule has 0 aliphatic rings. The molecule has 5 heteroatoms. The van der Waals surface area contributed by atoms with Gasteiger partial charge in [-0.25, -0.2) is 8.78 Å². The lowest BCUT2D eigenvalue weighted by Gasteiger charge is -2.23. The van der Waals surface area contributed by atoms with Gasteiger partial charge in [0.25, 0.3) is 0 Å². The molecule has 2 nitrogen and oxygen atoms in total. The highest BCUT2D eigenvalue weighted by molar-refractivity contribution is 7.98. The third-order valence-corrected chi connectivity index (χ3v) is 7.14. The van der Waals surface area contributed by atoms with Crippen molar-refractivity contribution in [3.8, 4) is 0 Å². The fourth-order valence-corrected chi connectivity index (χ4v) is 4.81. The van der Waals surface area contributed by atoms with Crippen LogP contribution in [0.4, 0.5) is 8.78 Å². The molecule has 0 saturated heterocycles. The summed E-state index contributed by atoms with van der Waals surface area (Å²) in [6.45, 7) is 2.93. The standard InChI is InChI=1S/C30H35F2NOS/c1-2-3-4-5-9-20-33(22-26-15-16-27(31)21-29(26)32)30(34)19-14-24-12-17-28(18-13-24)35-23-25-10-7-6-8-11-25/h6-8,10-13,15-18,21H,2-5,9,14,19-20,22-23H2,1H3. The molecule has 0 saturated carbocycles. The normalized spacial score (nSPS) is 10.9. The molecule has 0 aromatic heterocycles. The van der Waals surface area contributed by atoms with Crippen molar-refractivity contribution in [2.45, 2.75) is 69.1 Å². The number of benzene rings is 3. The number of rotatable bonds is 14. The largest absolute Gasteiger partial charge is 0.338 e. The summed E-state index contributed by atoms with van der Waals surface area (Å²) in [5.74, 6) is -0.274. The molecule has 0 atom stereocenters. The summed E-state index contributed by atoms with van der Waals surface area (Å²) in [5.41, 5.74) is 2.76. The number of carbonyl (C=O) groups excluding carboxylic acids is 1. The zero-order chi connectivity index (χ0) is 24.9. The second-order valence-electron chi connectivity index (χ2n) is 8.88. The summed E-state index contributed by atoms with van der Waals surface area (Å²) in [6.07, 6.45) is 6.42. The van der Waals surface area contributed by atoms with Crippen molar-refractivity contribution < 1.29 is 13.6 Å². The molecule has 0 bridgehead atoms. The highest BCUT2D eigenvalue weighted by atomic mass is 32.2. The Kier molecular flexibility index (Phi) is 11.3. The number of thioether (sulfide) groups is 1.